The summed E-state index contributed by atoms with van der Waals surface area (Å²) >= 11 is 0. The molecule has 1 aliphatic carbocycles. The molecule has 134 valence electrons. The summed E-state index contributed by atoms with van der Waals surface area (Å²) in [6.45, 7) is 3.04. The van der Waals surface area contributed by atoms with Gasteiger partial charge in [-0.3, -0.25) is 9.59 Å². The van der Waals surface area contributed by atoms with Crippen molar-refractivity contribution in [2.45, 2.75) is 32.1 Å². The van der Waals surface area contributed by atoms with Crippen LogP contribution in [0.25, 0.3) is 0 Å². The van der Waals surface area contributed by atoms with Gasteiger partial charge in [-0.05, 0) is 44.2 Å². The highest BCUT2D eigenvalue weighted by molar-refractivity contribution is 6.35. The molecule has 25 heavy (non-hydrogen) atoms. The molecule has 2 aliphatic rings. The topological polar surface area (TPSA) is 65.5 Å². The monoisotopic (exact) mass is 342 g/mol. The van der Waals surface area contributed by atoms with Crippen molar-refractivity contribution in [3.05, 3.63) is 36.0 Å². The van der Waals surface area contributed by atoms with Gasteiger partial charge in [0.1, 0.15) is 5.82 Å². The lowest BCUT2D eigenvalue weighted by Gasteiger charge is -2.35. The Morgan fingerprint density at radius 1 is 1.12 bits per heavy atom. The first kappa shape index (κ1) is 17.5. The number of allylic oxidation sites excluding steroid dienone is 1. The Morgan fingerprint density at radius 2 is 1.96 bits per heavy atom. The number of anilines is 1. The van der Waals surface area contributed by atoms with Gasteiger partial charge in [0.15, 0.2) is 0 Å². The molecule has 1 N–H and O–H groups in total. The average Bonchev–Trinajstić information content (AvgIpc) is 2.69. The van der Waals surface area contributed by atoms with Crippen LogP contribution in [-0.2, 0) is 9.59 Å². The molecule has 0 aromatic carbocycles. The minimum Gasteiger partial charge on any atom is -0.353 e. The summed E-state index contributed by atoms with van der Waals surface area (Å²) < 4.78 is 0. The summed E-state index contributed by atoms with van der Waals surface area (Å²) in [6.07, 6.45) is 9.66. The van der Waals surface area contributed by atoms with Gasteiger partial charge < -0.3 is 15.1 Å². The molecule has 0 atom stereocenters. The SMILES string of the molecule is O=C(NCCC1=CCCCC1)C(=O)N1CCN(c2ccccn2)CC1. The molecule has 1 saturated heterocycles. The molecule has 1 aromatic heterocycles. The van der Waals surface area contributed by atoms with Gasteiger partial charge >= 0.3 is 11.8 Å². The van der Waals surface area contributed by atoms with Gasteiger partial charge in [-0.1, -0.05) is 17.7 Å². The van der Waals surface area contributed by atoms with Crippen molar-refractivity contribution in [1.29, 1.82) is 0 Å². The Bertz CT molecular complexity index is 622. The molecule has 2 heterocycles. The summed E-state index contributed by atoms with van der Waals surface area (Å²) in [5, 5.41) is 2.77. The quantitative estimate of drug-likeness (QED) is 0.669. The van der Waals surface area contributed by atoms with Gasteiger partial charge in [-0.15, -0.1) is 0 Å². The number of pyridine rings is 1. The van der Waals surface area contributed by atoms with E-state index in [1.165, 1.54) is 18.4 Å². The van der Waals surface area contributed by atoms with E-state index in [-0.39, 0.29) is 0 Å². The minimum atomic E-state index is -0.484. The van der Waals surface area contributed by atoms with Crippen LogP contribution in [0.3, 0.4) is 0 Å². The van der Waals surface area contributed by atoms with E-state index in [1.807, 2.05) is 18.2 Å². The van der Waals surface area contributed by atoms with Crippen molar-refractivity contribution in [2.75, 3.05) is 37.6 Å². The second kappa shape index (κ2) is 8.65. The first-order valence-electron chi connectivity index (χ1n) is 9.15. The van der Waals surface area contributed by atoms with Crippen molar-refractivity contribution in [2.24, 2.45) is 0 Å². The van der Waals surface area contributed by atoms with Crippen LogP contribution in [0, 0.1) is 0 Å². The van der Waals surface area contributed by atoms with E-state index in [1.54, 1.807) is 11.1 Å². The van der Waals surface area contributed by atoms with Crippen LogP contribution in [0.15, 0.2) is 36.0 Å². The zero-order chi connectivity index (χ0) is 17.5. The van der Waals surface area contributed by atoms with Crippen molar-refractivity contribution in [1.82, 2.24) is 15.2 Å². The van der Waals surface area contributed by atoms with E-state index in [4.69, 9.17) is 0 Å². The fourth-order valence-electron chi connectivity index (χ4n) is 3.37. The maximum Gasteiger partial charge on any atom is 0.312 e. The molecule has 2 amide bonds. The predicted octanol–water partition coefficient (Wildman–Crippen LogP) is 1.74. The van der Waals surface area contributed by atoms with Crippen LogP contribution >= 0.6 is 0 Å². The third-order valence-corrected chi connectivity index (χ3v) is 4.85. The number of rotatable bonds is 4. The highest BCUT2D eigenvalue weighted by atomic mass is 16.2. The molecule has 0 bridgehead atoms. The molecular formula is C19H26N4O2. The third kappa shape index (κ3) is 4.81. The Morgan fingerprint density at radius 3 is 2.64 bits per heavy atom. The fourth-order valence-corrected chi connectivity index (χ4v) is 3.37. The number of aromatic nitrogens is 1. The summed E-state index contributed by atoms with van der Waals surface area (Å²) in [7, 11) is 0. The van der Waals surface area contributed by atoms with Gasteiger partial charge in [0.25, 0.3) is 0 Å². The lowest BCUT2D eigenvalue weighted by Crippen LogP contribution is -2.53. The zero-order valence-electron chi connectivity index (χ0n) is 14.6. The number of nitrogens with zero attached hydrogens (tertiary/aromatic N) is 3. The Labute approximate surface area is 148 Å². The van der Waals surface area contributed by atoms with E-state index < -0.39 is 11.8 Å². The molecule has 0 radical (unpaired) electrons. The molecule has 3 rings (SSSR count). The number of nitrogens with one attached hydrogen (secondary N) is 1. The Kier molecular flexibility index (Phi) is 6.04. The zero-order valence-corrected chi connectivity index (χ0v) is 14.6. The molecule has 0 unspecified atom stereocenters. The van der Waals surface area contributed by atoms with Crippen LogP contribution < -0.4 is 10.2 Å². The lowest BCUT2D eigenvalue weighted by atomic mass is 9.97. The lowest BCUT2D eigenvalue weighted by molar-refractivity contribution is -0.146. The van der Waals surface area contributed by atoms with Gasteiger partial charge in [0, 0.05) is 38.9 Å². The van der Waals surface area contributed by atoms with E-state index in [9.17, 15) is 9.59 Å². The van der Waals surface area contributed by atoms with Crippen LogP contribution in [-0.4, -0.2) is 54.4 Å². The number of piperazine rings is 1. The molecule has 0 spiro atoms. The predicted molar refractivity (Wildman–Crippen MR) is 97.2 cm³/mol. The first-order chi connectivity index (χ1) is 12.2. The van der Waals surface area contributed by atoms with E-state index >= 15 is 0 Å². The number of hydrogen-bond donors (Lipinski definition) is 1. The summed E-state index contributed by atoms with van der Waals surface area (Å²) in [5.41, 5.74) is 1.41. The fraction of sp³-hybridized carbons (Fsp3) is 0.526. The molecule has 1 aliphatic heterocycles. The smallest absolute Gasteiger partial charge is 0.312 e. The summed E-state index contributed by atoms with van der Waals surface area (Å²) in [4.78, 5) is 32.5. The van der Waals surface area contributed by atoms with Crippen molar-refractivity contribution in [3.8, 4) is 0 Å². The maximum atomic E-state index is 12.3. The summed E-state index contributed by atoms with van der Waals surface area (Å²) in [6, 6.07) is 5.80. The number of amides is 2. The van der Waals surface area contributed by atoms with Crippen molar-refractivity contribution >= 4 is 17.6 Å². The van der Waals surface area contributed by atoms with Crippen molar-refractivity contribution in [3.63, 3.8) is 0 Å². The second-order valence-corrected chi connectivity index (χ2v) is 6.58. The van der Waals surface area contributed by atoms with Gasteiger partial charge in [0.2, 0.25) is 0 Å². The molecule has 1 fully saturated rings. The van der Waals surface area contributed by atoms with Crippen LogP contribution in [0.4, 0.5) is 5.82 Å². The number of carbonyl (C=O) groups is 2. The van der Waals surface area contributed by atoms with E-state index in [2.05, 4.69) is 21.3 Å². The van der Waals surface area contributed by atoms with Gasteiger partial charge in [-0.25, -0.2) is 4.98 Å². The Balaban J connectivity index is 1.41. The van der Waals surface area contributed by atoms with Crippen LogP contribution in [0.5, 0.6) is 0 Å². The number of carbonyl (C=O) groups excluding carboxylic acids is 2. The second-order valence-electron chi connectivity index (χ2n) is 6.58. The average molecular weight is 342 g/mol. The molecular weight excluding hydrogens is 316 g/mol. The van der Waals surface area contributed by atoms with Gasteiger partial charge in [0.05, 0.1) is 0 Å². The molecule has 0 saturated carbocycles. The standard InChI is InChI=1S/C19H26N4O2/c24-18(21-11-9-16-6-2-1-3-7-16)19(25)23-14-12-22(13-15-23)17-8-4-5-10-20-17/h4-6,8,10H,1-3,7,9,11-15H2,(H,21,24). The van der Waals surface area contributed by atoms with Crippen LogP contribution in [0.1, 0.15) is 32.1 Å². The van der Waals surface area contributed by atoms with E-state index in [0.29, 0.717) is 32.7 Å². The molecule has 1 aromatic rings. The largest absolute Gasteiger partial charge is 0.353 e. The molecule has 6 heteroatoms. The number of hydrogen-bond acceptors (Lipinski definition) is 4. The van der Waals surface area contributed by atoms with Gasteiger partial charge in [-0.2, -0.15) is 0 Å². The maximum absolute atomic E-state index is 12.3. The van der Waals surface area contributed by atoms with Crippen molar-refractivity contribution < 1.29 is 9.59 Å². The summed E-state index contributed by atoms with van der Waals surface area (Å²) in [5.74, 6) is 0.0146. The third-order valence-electron chi connectivity index (χ3n) is 4.85. The molecule has 6 nitrogen and oxygen atoms in total. The van der Waals surface area contributed by atoms with Crippen LogP contribution in [0.2, 0.25) is 0 Å². The normalized spacial score (nSPS) is 17.8. The first-order valence-corrected chi connectivity index (χ1v) is 9.15. The minimum absolute atomic E-state index is 0.418. The Hall–Kier alpha value is -2.37. The highest BCUT2D eigenvalue weighted by Gasteiger charge is 2.26. The van der Waals surface area contributed by atoms with E-state index in [0.717, 1.165) is 25.1 Å². The highest BCUT2D eigenvalue weighted by Crippen LogP contribution is 2.19.